The van der Waals surface area contributed by atoms with Crippen molar-refractivity contribution in [2.45, 2.75) is 69.2 Å². The van der Waals surface area contributed by atoms with Gasteiger partial charge in [-0.05, 0) is 43.2 Å². The van der Waals surface area contributed by atoms with Crippen LogP contribution >= 0.6 is 0 Å². The Hall–Kier alpha value is -3.69. The first-order valence-electron chi connectivity index (χ1n) is 15.3. The van der Waals surface area contributed by atoms with E-state index < -0.39 is 6.09 Å². The Morgan fingerprint density at radius 1 is 1.02 bits per heavy atom. The molecule has 2 fully saturated rings. The number of hydrogen-bond donors (Lipinski definition) is 2. The highest BCUT2D eigenvalue weighted by molar-refractivity contribution is 5.98. The van der Waals surface area contributed by atoms with Crippen LogP contribution in [0.25, 0.3) is 11.3 Å². The largest absolute Gasteiger partial charge is 0.453 e. The number of carbonyl (C=O) groups is 2. The van der Waals surface area contributed by atoms with Crippen LogP contribution in [0.1, 0.15) is 59.8 Å². The van der Waals surface area contributed by atoms with Gasteiger partial charge >= 0.3 is 6.09 Å². The normalized spacial score (nSPS) is 22.5. The van der Waals surface area contributed by atoms with Crippen molar-refractivity contribution in [2.75, 3.05) is 33.4 Å². The number of aromatic nitrogens is 2. The minimum absolute atomic E-state index is 0.0206. The van der Waals surface area contributed by atoms with Gasteiger partial charge in [-0.25, -0.2) is 9.78 Å². The van der Waals surface area contributed by atoms with Gasteiger partial charge in [0.1, 0.15) is 0 Å². The van der Waals surface area contributed by atoms with E-state index in [1.54, 1.807) is 6.33 Å². The van der Waals surface area contributed by atoms with Gasteiger partial charge in [0.25, 0.3) is 5.91 Å². The summed E-state index contributed by atoms with van der Waals surface area (Å²) in [7, 11) is 1.39. The molecule has 2 heterocycles. The Kier molecular flexibility index (Phi) is 8.86. The monoisotopic (exact) mass is 571 g/mol. The third kappa shape index (κ3) is 6.08. The quantitative estimate of drug-likeness (QED) is 0.417. The van der Waals surface area contributed by atoms with Crippen molar-refractivity contribution in [2.24, 2.45) is 0 Å². The lowest BCUT2D eigenvalue weighted by Gasteiger charge is -2.36. The lowest BCUT2D eigenvalue weighted by molar-refractivity contribution is 0.0341. The van der Waals surface area contributed by atoms with E-state index in [2.05, 4.69) is 39.5 Å². The molecule has 2 aliphatic carbocycles. The summed E-state index contributed by atoms with van der Waals surface area (Å²) in [6, 6.07) is 18.5. The average Bonchev–Trinajstić information content (AvgIpc) is 3.66. The maximum Gasteiger partial charge on any atom is 0.407 e. The number of nitrogens with one attached hydrogen (secondary N) is 2. The van der Waals surface area contributed by atoms with Gasteiger partial charge < -0.3 is 29.6 Å². The van der Waals surface area contributed by atoms with Gasteiger partial charge in [-0.2, -0.15) is 0 Å². The van der Waals surface area contributed by atoms with Crippen molar-refractivity contribution in [3.63, 3.8) is 0 Å². The van der Waals surface area contributed by atoms with Crippen LogP contribution < -0.4 is 10.6 Å². The van der Waals surface area contributed by atoms with Crippen LogP contribution in [0.3, 0.4) is 0 Å². The molecule has 222 valence electrons. The van der Waals surface area contributed by atoms with E-state index in [4.69, 9.17) is 14.5 Å². The first-order valence-corrected chi connectivity index (χ1v) is 15.3. The Labute approximate surface area is 247 Å². The van der Waals surface area contributed by atoms with Crippen molar-refractivity contribution in [1.29, 1.82) is 0 Å². The van der Waals surface area contributed by atoms with Gasteiger partial charge in [0.05, 0.1) is 37.3 Å². The van der Waals surface area contributed by atoms with Crippen molar-refractivity contribution in [1.82, 2.24) is 25.1 Å². The zero-order valence-corrected chi connectivity index (χ0v) is 24.3. The third-order valence-corrected chi connectivity index (χ3v) is 9.05. The minimum Gasteiger partial charge on any atom is -0.453 e. The van der Waals surface area contributed by atoms with E-state index in [9.17, 15) is 9.59 Å². The van der Waals surface area contributed by atoms with Crippen LogP contribution in [-0.4, -0.2) is 78.0 Å². The van der Waals surface area contributed by atoms with Gasteiger partial charge in [-0.15, -0.1) is 0 Å². The summed E-state index contributed by atoms with van der Waals surface area (Å²) >= 11 is 0. The fourth-order valence-electron chi connectivity index (χ4n) is 6.90. The van der Waals surface area contributed by atoms with Crippen LogP contribution in [0.15, 0.2) is 60.9 Å². The molecule has 3 aliphatic rings. The molecule has 2 N–H and O–H groups in total. The summed E-state index contributed by atoms with van der Waals surface area (Å²) in [5.74, 6) is -0.0549. The van der Waals surface area contributed by atoms with E-state index >= 15 is 0 Å². The number of benzene rings is 2. The zero-order valence-electron chi connectivity index (χ0n) is 24.3. The van der Waals surface area contributed by atoms with Crippen molar-refractivity contribution >= 4 is 12.0 Å². The molecule has 2 amide bonds. The Balaban J connectivity index is 1.21. The van der Waals surface area contributed by atoms with Gasteiger partial charge in [0, 0.05) is 37.8 Å². The van der Waals surface area contributed by atoms with E-state index in [-0.39, 0.29) is 30.1 Å². The second kappa shape index (κ2) is 13.1. The van der Waals surface area contributed by atoms with Gasteiger partial charge in [-0.3, -0.25) is 4.79 Å². The van der Waals surface area contributed by atoms with Crippen LogP contribution in [0.5, 0.6) is 0 Å². The molecule has 0 radical (unpaired) electrons. The topological polar surface area (TPSA) is 97.7 Å². The predicted molar refractivity (Wildman–Crippen MR) is 160 cm³/mol. The first-order chi connectivity index (χ1) is 20.6. The number of rotatable bonds is 8. The van der Waals surface area contributed by atoms with Crippen LogP contribution in [-0.2, 0) is 22.3 Å². The number of hydrogen-bond acceptors (Lipinski definition) is 6. The van der Waals surface area contributed by atoms with E-state index in [1.807, 2.05) is 35.2 Å². The number of imidazole rings is 1. The van der Waals surface area contributed by atoms with Gasteiger partial charge in [-0.1, -0.05) is 67.4 Å². The number of alkyl carbamates (subject to hydrolysis) is 1. The van der Waals surface area contributed by atoms with Crippen LogP contribution in [0.2, 0.25) is 0 Å². The fourth-order valence-corrected chi connectivity index (χ4v) is 6.90. The number of methoxy groups -OCH3 is 1. The number of piperazine rings is 1. The molecule has 2 aromatic carbocycles. The zero-order chi connectivity index (χ0) is 28.9. The number of ether oxygens (including phenoxy) is 2. The molecule has 0 unspecified atom stereocenters. The minimum atomic E-state index is -0.433. The summed E-state index contributed by atoms with van der Waals surface area (Å²) < 4.78 is 13.3. The molecule has 9 nitrogen and oxygen atoms in total. The van der Waals surface area contributed by atoms with Crippen molar-refractivity contribution < 1.29 is 19.1 Å². The van der Waals surface area contributed by atoms with Crippen LogP contribution in [0, 0.1) is 0 Å². The lowest BCUT2D eigenvalue weighted by atomic mass is 9.89. The third-order valence-electron chi connectivity index (χ3n) is 9.05. The Bertz CT molecular complexity index is 1350. The standard InChI is InChI=1S/C33H41N5O4/c1-41-33(40)36-28-13-7-8-14-29(28)38-22-35-30(31(38)23-9-3-2-4-10-23)32(39)37-17-16-34-21-26(37)15-18-42-27-19-24-11-5-6-12-25(24)20-27/h2-6,9-12,22,26-29,34H,7-8,13-21H2,1H3,(H,36,40)/t26-,28+,29+/m1/s1. The average molecular weight is 572 g/mol. The van der Waals surface area contributed by atoms with Gasteiger partial charge in [0.15, 0.2) is 5.69 Å². The summed E-state index contributed by atoms with van der Waals surface area (Å²) in [5, 5.41) is 6.50. The van der Waals surface area contributed by atoms with E-state index in [0.717, 1.165) is 69.3 Å². The molecule has 1 saturated heterocycles. The highest BCUT2D eigenvalue weighted by atomic mass is 16.5. The summed E-state index contributed by atoms with van der Waals surface area (Å²) in [6.45, 7) is 2.71. The first kappa shape index (κ1) is 28.4. The molecule has 0 spiro atoms. The molecule has 6 rings (SSSR count). The molecule has 9 heteroatoms. The smallest absolute Gasteiger partial charge is 0.407 e. The molecule has 1 saturated carbocycles. The maximum atomic E-state index is 14.3. The molecule has 3 aromatic rings. The summed E-state index contributed by atoms with van der Waals surface area (Å²) in [6.07, 6.45) is 8.03. The van der Waals surface area contributed by atoms with Gasteiger partial charge in [0.2, 0.25) is 0 Å². The fraction of sp³-hybridized carbons (Fsp3) is 0.485. The molecule has 42 heavy (non-hydrogen) atoms. The second-order valence-electron chi connectivity index (χ2n) is 11.6. The molecular formula is C33H41N5O4. The molecule has 0 bridgehead atoms. The molecule has 1 aromatic heterocycles. The Morgan fingerprint density at radius 2 is 1.76 bits per heavy atom. The lowest BCUT2D eigenvalue weighted by Crippen LogP contribution is -2.54. The highest BCUT2D eigenvalue weighted by Crippen LogP contribution is 2.35. The predicted octanol–water partition coefficient (Wildman–Crippen LogP) is 4.38. The van der Waals surface area contributed by atoms with Crippen LogP contribution in [0.4, 0.5) is 4.79 Å². The number of carbonyl (C=O) groups excluding carboxylic acids is 2. The van der Waals surface area contributed by atoms with Crippen molar-refractivity contribution in [3.8, 4) is 11.3 Å². The molecule has 3 atom stereocenters. The van der Waals surface area contributed by atoms with E-state index in [0.29, 0.717) is 18.8 Å². The number of amides is 2. The second-order valence-corrected chi connectivity index (χ2v) is 11.6. The number of fused-ring (bicyclic) bond motifs is 1. The summed E-state index contributed by atoms with van der Waals surface area (Å²) in [5.41, 5.74) is 4.97. The maximum absolute atomic E-state index is 14.3. The Morgan fingerprint density at radius 3 is 2.52 bits per heavy atom. The summed E-state index contributed by atoms with van der Waals surface area (Å²) in [4.78, 5) is 33.2. The SMILES string of the molecule is COC(=O)N[C@H]1CCCC[C@@H]1n1cnc(C(=O)N2CCNC[C@H]2CCOC2Cc3ccccc3C2)c1-c1ccccc1. The molecule has 1 aliphatic heterocycles. The molecular weight excluding hydrogens is 530 g/mol. The van der Waals surface area contributed by atoms with Crippen molar-refractivity contribution in [3.05, 3.63) is 77.7 Å². The highest BCUT2D eigenvalue weighted by Gasteiger charge is 2.35. The number of nitrogens with zero attached hydrogens (tertiary/aromatic N) is 3. The van der Waals surface area contributed by atoms with E-state index in [1.165, 1.54) is 18.2 Å².